The van der Waals surface area contributed by atoms with Crippen LogP contribution in [0.15, 0.2) is 12.4 Å². The van der Waals surface area contributed by atoms with E-state index in [9.17, 15) is 4.39 Å². The van der Waals surface area contributed by atoms with Crippen LogP contribution in [0, 0.1) is 6.92 Å². The zero-order chi connectivity index (χ0) is 10.7. The number of nitrogens with one attached hydrogen (secondary N) is 1. The predicted octanol–water partition coefficient (Wildman–Crippen LogP) is 1.42. The first kappa shape index (κ1) is 10.5. The van der Waals surface area contributed by atoms with Gasteiger partial charge >= 0.3 is 0 Å². The van der Waals surface area contributed by atoms with Crippen LogP contribution in [0.1, 0.15) is 24.2 Å². The van der Waals surface area contributed by atoms with E-state index in [1.165, 1.54) is 0 Å². The Morgan fingerprint density at radius 1 is 1.33 bits per heavy atom. The third-order valence-corrected chi connectivity index (χ3v) is 2.83. The second-order valence-corrected chi connectivity index (χ2v) is 4.23. The van der Waals surface area contributed by atoms with Gasteiger partial charge in [0.05, 0.1) is 11.4 Å². The number of piperidine rings is 1. The summed E-state index contributed by atoms with van der Waals surface area (Å²) in [6, 6.07) is 0. The third kappa shape index (κ3) is 2.72. The maximum Gasteiger partial charge on any atom is 0.119 e. The monoisotopic (exact) mass is 209 g/mol. The Labute approximate surface area is 89.1 Å². The van der Waals surface area contributed by atoms with E-state index in [1.54, 1.807) is 12.4 Å². The normalized spacial score (nSPS) is 20.1. The smallest absolute Gasteiger partial charge is 0.119 e. The van der Waals surface area contributed by atoms with E-state index in [2.05, 4.69) is 15.3 Å². The zero-order valence-electron chi connectivity index (χ0n) is 8.96. The maximum absolute atomic E-state index is 14.3. The molecule has 0 aromatic carbocycles. The van der Waals surface area contributed by atoms with Crippen LogP contribution in [0.3, 0.4) is 0 Å². The van der Waals surface area contributed by atoms with Crippen LogP contribution >= 0.6 is 0 Å². The molecule has 3 nitrogen and oxygen atoms in total. The Bertz CT molecular complexity index is 317. The van der Waals surface area contributed by atoms with Crippen LogP contribution in [0.5, 0.6) is 0 Å². The molecule has 0 unspecified atom stereocenters. The van der Waals surface area contributed by atoms with Crippen molar-refractivity contribution >= 4 is 0 Å². The SMILES string of the molecule is Cc1cnc(CC2(F)CCNCC2)cn1. The molecule has 1 aliphatic heterocycles. The molecule has 1 fully saturated rings. The highest BCUT2D eigenvalue weighted by molar-refractivity contribution is 5.05. The van der Waals surface area contributed by atoms with E-state index < -0.39 is 5.67 Å². The molecule has 1 saturated heterocycles. The molecule has 0 spiro atoms. The third-order valence-electron chi connectivity index (χ3n) is 2.83. The lowest BCUT2D eigenvalue weighted by Gasteiger charge is -2.29. The van der Waals surface area contributed by atoms with Gasteiger partial charge in [0.15, 0.2) is 0 Å². The molecule has 0 amide bonds. The van der Waals surface area contributed by atoms with Crippen molar-refractivity contribution < 1.29 is 4.39 Å². The Balaban J connectivity index is 2.03. The number of alkyl halides is 1. The molecule has 2 heterocycles. The van der Waals surface area contributed by atoms with Gasteiger partial charge in [-0.25, -0.2) is 4.39 Å². The van der Waals surface area contributed by atoms with E-state index in [0.29, 0.717) is 19.3 Å². The lowest BCUT2D eigenvalue weighted by Crippen LogP contribution is -2.40. The Kier molecular flexibility index (Phi) is 2.95. The van der Waals surface area contributed by atoms with Gasteiger partial charge in [-0.1, -0.05) is 0 Å². The van der Waals surface area contributed by atoms with Gasteiger partial charge in [0.2, 0.25) is 0 Å². The second kappa shape index (κ2) is 4.23. The highest BCUT2D eigenvalue weighted by Gasteiger charge is 2.32. The first-order valence-corrected chi connectivity index (χ1v) is 5.35. The summed E-state index contributed by atoms with van der Waals surface area (Å²) in [4.78, 5) is 8.33. The van der Waals surface area contributed by atoms with Crippen molar-refractivity contribution in [3.8, 4) is 0 Å². The average molecular weight is 209 g/mol. The van der Waals surface area contributed by atoms with Crippen LogP contribution in [-0.2, 0) is 6.42 Å². The summed E-state index contributed by atoms with van der Waals surface area (Å²) in [7, 11) is 0. The topological polar surface area (TPSA) is 37.8 Å². The second-order valence-electron chi connectivity index (χ2n) is 4.23. The molecule has 1 aromatic rings. The molecule has 0 radical (unpaired) electrons. The fourth-order valence-corrected chi connectivity index (χ4v) is 1.89. The Morgan fingerprint density at radius 2 is 2.07 bits per heavy atom. The molecule has 1 aliphatic rings. The van der Waals surface area contributed by atoms with Crippen molar-refractivity contribution in [1.29, 1.82) is 0 Å². The molecule has 2 rings (SSSR count). The van der Waals surface area contributed by atoms with Crippen molar-refractivity contribution in [2.45, 2.75) is 31.9 Å². The molecular weight excluding hydrogens is 193 g/mol. The summed E-state index contributed by atoms with van der Waals surface area (Å²) >= 11 is 0. The van der Waals surface area contributed by atoms with Gasteiger partial charge in [-0.2, -0.15) is 0 Å². The number of aromatic nitrogens is 2. The molecule has 1 N–H and O–H groups in total. The van der Waals surface area contributed by atoms with Gasteiger partial charge < -0.3 is 5.32 Å². The number of nitrogens with zero attached hydrogens (tertiary/aromatic N) is 2. The van der Waals surface area contributed by atoms with E-state index in [1.807, 2.05) is 6.92 Å². The summed E-state index contributed by atoms with van der Waals surface area (Å²) in [5, 5.41) is 3.16. The first-order valence-electron chi connectivity index (χ1n) is 5.35. The Morgan fingerprint density at radius 3 is 2.67 bits per heavy atom. The van der Waals surface area contributed by atoms with E-state index in [4.69, 9.17) is 0 Å². The fourth-order valence-electron chi connectivity index (χ4n) is 1.89. The molecular formula is C11H16FN3. The summed E-state index contributed by atoms with van der Waals surface area (Å²) in [6.45, 7) is 3.40. The predicted molar refractivity (Wildman–Crippen MR) is 56.4 cm³/mol. The van der Waals surface area contributed by atoms with Crippen LogP contribution in [0.4, 0.5) is 4.39 Å². The van der Waals surface area contributed by atoms with Crippen LogP contribution in [-0.4, -0.2) is 28.7 Å². The van der Waals surface area contributed by atoms with E-state index in [-0.39, 0.29) is 0 Å². The number of halogens is 1. The first-order chi connectivity index (χ1) is 7.18. The van der Waals surface area contributed by atoms with Gasteiger partial charge in [-0.05, 0) is 32.9 Å². The molecule has 4 heteroatoms. The highest BCUT2D eigenvalue weighted by atomic mass is 19.1. The van der Waals surface area contributed by atoms with Crippen molar-refractivity contribution in [3.63, 3.8) is 0 Å². The van der Waals surface area contributed by atoms with Gasteiger partial charge in [0.25, 0.3) is 0 Å². The maximum atomic E-state index is 14.3. The molecule has 0 bridgehead atoms. The summed E-state index contributed by atoms with van der Waals surface area (Å²) < 4.78 is 14.3. The molecule has 1 aromatic heterocycles. The standard InChI is InChI=1S/C11H16FN3/c1-9-7-15-10(8-14-9)6-11(12)2-4-13-5-3-11/h7-8,13H,2-6H2,1H3. The van der Waals surface area contributed by atoms with Crippen LogP contribution in [0.2, 0.25) is 0 Å². The number of hydrogen-bond donors (Lipinski definition) is 1. The van der Waals surface area contributed by atoms with Gasteiger partial charge in [-0.15, -0.1) is 0 Å². The number of aryl methyl sites for hydroxylation is 1. The minimum atomic E-state index is -1.09. The van der Waals surface area contributed by atoms with Gasteiger partial charge in [0.1, 0.15) is 5.67 Å². The zero-order valence-corrected chi connectivity index (χ0v) is 8.96. The minimum Gasteiger partial charge on any atom is -0.316 e. The fraction of sp³-hybridized carbons (Fsp3) is 0.636. The van der Waals surface area contributed by atoms with Crippen molar-refractivity contribution in [2.24, 2.45) is 0 Å². The molecule has 15 heavy (non-hydrogen) atoms. The number of hydrogen-bond acceptors (Lipinski definition) is 3. The van der Waals surface area contributed by atoms with Crippen molar-refractivity contribution in [1.82, 2.24) is 15.3 Å². The molecule has 82 valence electrons. The minimum absolute atomic E-state index is 0.391. The van der Waals surface area contributed by atoms with E-state index in [0.717, 1.165) is 24.5 Å². The summed E-state index contributed by atoms with van der Waals surface area (Å²) in [5.41, 5.74) is 0.539. The highest BCUT2D eigenvalue weighted by Crippen LogP contribution is 2.26. The summed E-state index contributed by atoms with van der Waals surface area (Å²) in [5.74, 6) is 0. The molecule has 0 atom stereocenters. The average Bonchev–Trinajstić information content (AvgIpc) is 2.22. The van der Waals surface area contributed by atoms with Gasteiger partial charge in [0, 0.05) is 18.8 Å². The lowest BCUT2D eigenvalue weighted by atomic mass is 9.90. The number of rotatable bonds is 2. The molecule has 0 saturated carbocycles. The van der Waals surface area contributed by atoms with Crippen molar-refractivity contribution in [3.05, 3.63) is 23.8 Å². The van der Waals surface area contributed by atoms with E-state index >= 15 is 0 Å². The van der Waals surface area contributed by atoms with Crippen LogP contribution < -0.4 is 5.32 Å². The van der Waals surface area contributed by atoms with Gasteiger partial charge in [-0.3, -0.25) is 9.97 Å². The quantitative estimate of drug-likeness (QED) is 0.800. The molecule has 0 aliphatic carbocycles. The van der Waals surface area contributed by atoms with Crippen LogP contribution in [0.25, 0.3) is 0 Å². The lowest BCUT2D eigenvalue weighted by molar-refractivity contribution is 0.115. The summed E-state index contributed by atoms with van der Waals surface area (Å²) in [6.07, 6.45) is 4.91. The largest absolute Gasteiger partial charge is 0.316 e. The van der Waals surface area contributed by atoms with Crippen molar-refractivity contribution in [2.75, 3.05) is 13.1 Å². The Hall–Kier alpha value is -1.03.